The molecule has 0 aliphatic heterocycles. The average molecular weight is 211 g/mol. The zero-order chi connectivity index (χ0) is 10.2. The smallest absolute Gasteiger partial charge is 0.0465 e. The van der Waals surface area contributed by atoms with Crippen molar-refractivity contribution in [3.63, 3.8) is 0 Å². The lowest BCUT2D eigenvalue weighted by atomic mass is 10.1. The first-order valence-electron chi connectivity index (χ1n) is 4.83. The molecule has 1 aromatic carbocycles. The molecule has 0 spiro atoms. The van der Waals surface area contributed by atoms with Crippen LogP contribution in [0.25, 0.3) is 0 Å². The molecule has 0 fully saturated rings. The summed E-state index contributed by atoms with van der Waals surface area (Å²) in [6.45, 7) is 0.234. The number of allylic oxidation sites excluding steroid dienone is 1. The first-order valence-corrected chi connectivity index (χ1v) is 5.21. The van der Waals surface area contributed by atoms with Gasteiger partial charge in [0.1, 0.15) is 0 Å². The summed E-state index contributed by atoms with van der Waals surface area (Å²) in [6.07, 6.45) is 6.90. The van der Waals surface area contributed by atoms with E-state index in [4.69, 9.17) is 16.7 Å². The van der Waals surface area contributed by atoms with E-state index in [1.165, 1.54) is 5.56 Å². The molecule has 14 heavy (non-hydrogen) atoms. The van der Waals surface area contributed by atoms with Crippen LogP contribution in [0.4, 0.5) is 0 Å². The molecule has 2 heteroatoms. The van der Waals surface area contributed by atoms with Gasteiger partial charge in [0.2, 0.25) is 0 Å². The summed E-state index contributed by atoms with van der Waals surface area (Å²) in [5, 5.41) is 9.33. The summed E-state index contributed by atoms with van der Waals surface area (Å²) in [5.41, 5.74) is 1.29. The van der Waals surface area contributed by atoms with Crippen LogP contribution in [-0.4, -0.2) is 11.7 Å². The Kier molecular flexibility index (Phi) is 5.35. The Morgan fingerprint density at radius 2 is 1.71 bits per heavy atom. The van der Waals surface area contributed by atoms with Gasteiger partial charge in [-0.25, -0.2) is 0 Å². The van der Waals surface area contributed by atoms with Crippen LogP contribution in [0.1, 0.15) is 18.4 Å². The zero-order valence-corrected chi connectivity index (χ0v) is 8.87. The van der Waals surface area contributed by atoms with Gasteiger partial charge in [-0.1, -0.05) is 35.9 Å². The van der Waals surface area contributed by atoms with Gasteiger partial charge >= 0.3 is 0 Å². The number of aliphatic hydroxyl groups excluding tert-OH is 1. The molecule has 0 aromatic heterocycles. The second kappa shape index (κ2) is 6.63. The molecule has 0 heterocycles. The largest absolute Gasteiger partial charge is 0.396 e. The van der Waals surface area contributed by atoms with E-state index in [-0.39, 0.29) is 6.61 Å². The van der Waals surface area contributed by atoms with Gasteiger partial charge in [0.15, 0.2) is 0 Å². The van der Waals surface area contributed by atoms with Crippen LogP contribution in [0.3, 0.4) is 0 Å². The van der Waals surface area contributed by atoms with Crippen LogP contribution in [0.2, 0.25) is 5.02 Å². The molecule has 0 radical (unpaired) electrons. The lowest BCUT2D eigenvalue weighted by Gasteiger charge is -1.97. The topological polar surface area (TPSA) is 20.2 Å². The minimum Gasteiger partial charge on any atom is -0.396 e. The normalized spacial score (nSPS) is 11.0. The third-order valence-electron chi connectivity index (χ3n) is 1.98. The summed E-state index contributed by atoms with van der Waals surface area (Å²) in [6, 6.07) is 7.91. The molecule has 76 valence electrons. The Balaban J connectivity index is 2.28. The Labute approximate surface area is 90.0 Å². The molecule has 1 rings (SSSR count). The monoisotopic (exact) mass is 210 g/mol. The van der Waals surface area contributed by atoms with Gasteiger partial charge in [0, 0.05) is 11.6 Å². The van der Waals surface area contributed by atoms with Crippen LogP contribution in [0, 0.1) is 0 Å². The lowest BCUT2D eigenvalue weighted by Crippen LogP contribution is -1.82. The highest BCUT2D eigenvalue weighted by Crippen LogP contribution is 2.11. The van der Waals surface area contributed by atoms with Gasteiger partial charge in [0.25, 0.3) is 0 Å². The average Bonchev–Trinajstić information content (AvgIpc) is 2.21. The third-order valence-corrected chi connectivity index (χ3v) is 2.23. The Hall–Kier alpha value is -0.790. The molecule has 0 unspecified atom stereocenters. The maximum Gasteiger partial charge on any atom is 0.0465 e. The second-order valence-corrected chi connectivity index (χ2v) is 3.59. The third kappa shape index (κ3) is 4.45. The predicted octanol–water partition coefficient (Wildman–Crippen LogP) is 3.21. The van der Waals surface area contributed by atoms with E-state index in [9.17, 15) is 0 Å². The molecular formula is C12H15ClO. The van der Waals surface area contributed by atoms with Crippen LogP contribution < -0.4 is 0 Å². The maximum absolute atomic E-state index is 8.55. The van der Waals surface area contributed by atoms with Gasteiger partial charge in [-0.05, 0) is 37.0 Å². The highest BCUT2D eigenvalue weighted by atomic mass is 35.5. The van der Waals surface area contributed by atoms with Crippen LogP contribution in [0.15, 0.2) is 36.4 Å². The number of aliphatic hydroxyl groups is 1. The fraction of sp³-hybridized carbons (Fsp3) is 0.333. The minimum atomic E-state index is 0.234. The molecule has 1 aromatic rings. The summed E-state index contributed by atoms with van der Waals surface area (Å²) in [7, 11) is 0. The van der Waals surface area contributed by atoms with E-state index in [0.29, 0.717) is 0 Å². The molecule has 0 saturated heterocycles. The van der Waals surface area contributed by atoms with Gasteiger partial charge in [-0.3, -0.25) is 0 Å². The standard InChI is InChI=1S/C12H15ClO/c13-12-8-6-11(7-9-12)5-3-1-2-4-10-14/h1-2,6-9,14H,3-5,10H2. The van der Waals surface area contributed by atoms with Crippen molar-refractivity contribution in [2.75, 3.05) is 6.61 Å². The molecule has 0 amide bonds. The molecule has 0 aliphatic carbocycles. The summed E-state index contributed by atoms with van der Waals surface area (Å²) < 4.78 is 0. The number of hydrogen-bond donors (Lipinski definition) is 1. The Morgan fingerprint density at radius 3 is 2.36 bits per heavy atom. The van der Waals surface area contributed by atoms with E-state index in [0.717, 1.165) is 24.3 Å². The van der Waals surface area contributed by atoms with E-state index in [1.54, 1.807) is 0 Å². The Morgan fingerprint density at radius 1 is 1.07 bits per heavy atom. The maximum atomic E-state index is 8.55. The van der Waals surface area contributed by atoms with Crippen molar-refractivity contribution in [1.29, 1.82) is 0 Å². The lowest BCUT2D eigenvalue weighted by molar-refractivity contribution is 0.302. The quantitative estimate of drug-likeness (QED) is 0.740. The molecule has 0 saturated carbocycles. The fourth-order valence-corrected chi connectivity index (χ4v) is 1.34. The fourth-order valence-electron chi connectivity index (χ4n) is 1.21. The molecule has 0 atom stereocenters. The number of rotatable bonds is 5. The van der Waals surface area contributed by atoms with Crippen LogP contribution >= 0.6 is 11.6 Å². The predicted molar refractivity (Wildman–Crippen MR) is 60.6 cm³/mol. The summed E-state index contributed by atoms with van der Waals surface area (Å²) in [5.74, 6) is 0. The van der Waals surface area contributed by atoms with Crippen molar-refractivity contribution in [3.05, 3.63) is 47.0 Å². The zero-order valence-electron chi connectivity index (χ0n) is 8.12. The SMILES string of the molecule is OCCC=CCCc1ccc(Cl)cc1. The molecule has 1 N–H and O–H groups in total. The van der Waals surface area contributed by atoms with Crippen molar-refractivity contribution in [3.8, 4) is 0 Å². The van der Waals surface area contributed by atoms with E-state index >= 15 is 0 Å². The molecule has 1 nitrogen and oxygen atoms in total. The van der Waals surface area contributed by atoms with Crippen LogP contribution in [-0.2, 0) is 6.42 Å². The van der Waals surface area contributed by atoms with Crippen LogP contribution in [0.5, 0.6) is 0 Å². The number of aryl methyl sites for hydroxylation is 1. The Bertz CT molecular complexity index is 277. The number of hydrogen-bond acceptors (Lipinski definition) is 1. The van der Waals surface area contributed by atoms with Crippen molar-refractivity contribution < 1.29 is 5.11 Å². The molecular weight excluding hydrogens is 196 g/mol. The van der Waals surface area contributed by atoms with Crippen molar-refractivity contribution in [1.82, 2.24) is 0 Å². The first kappa shape index (κ1) is 11.3. The first-order chi connectivity index (χ1) is 6.83. The highest BCUT2D eigenvalue weighted by molar-refractivity contribution is 6.30. The van der Waals surface area contributed by atoms with Crippen molar-refractivity contribution in [2.45, 2.75) is 19.3 Å². The van der Waals surface area contributed by atoms with Gasteiger partial charge in [-0.15, -0.1) is 0 Å². The van der Waals surface area contributed by atoms with E-state index < -0.39 is 0 Å². The highest BCUT2D eigenvalue weighted by Gasteiger charge is 1.90. The molecule has 0 bridgehead atoms. The van der Waals surface area contributed by atoms with Gasteiger partial charge < -0.3 is 5.11 Å². The van der Waals surface area contributed by atoms with E-state index in [1.807, 2.05) is 30.3 Å². The van der Waals surface area contributed by atoms with E-state index in [2.05, 4.69) is 6.08 Å². The number of halogens is 1. The summed E-state index contributed by atoms with van der Waals surface area (Å²) in [4.78, 5) is 0. The second-order valence-electron chi connectivity index (χ2n) is 3.15. The minimum absolute atomic E-state index is 0.234. The van der Waals surface area contributed by atoms with Gasteiger partial charge in [-0.2, -0.15) is 0 Å². The van der Waals surface area contributed by atoms with Gasteiger partial charge in [0.05, 0.1) is 0 Å². The molecule has 0 aliphatic rings. The van der Waals surface area contributed by atoms with Crippen molar-refractivity contribution in [2.24, 2.45) is 0 Å². The van der Waals surface area contributed by atoms with Crippen molar-refractivity contribution >= 4 is 11.6 Å². The summed E-state index contributed by atoms with van der Waals surface area (Å²) >= 11 is 5.77. The number of benzene rings is 1.